The third-order valence-corrected chi connectivity index (χ3v) is 1.26. The Morgan fingerprint density at radius 2 is 2.45 bits per heavy atom. The number of anilines is 1. The Kier molecular flexibility index (Phi) is 2.06. The van der Waals surface area contributed by atoms with E-state index in [0.29, 0.717) is 23.4 Å². The average Bonchev–Trinajstić information content (AvgIpc) is 2.04. The molecule has 4 nitrogen and oxygen atoms in total. The van der Waals surface area contributed by atoms with Gasteiger partial charge in [0.1, 0.15) is 11.6 Å². The van der Waals surface area contributed by atoms with Gasteiger partial charge in [0.2, 0.25) is 0 Å². The molecule has 1 aromatic heterocycles. The molecular weight excluding hydrogens is 144 g/mol. The summed E-state index contributed by atoms with van der Waals surface area (Å²) in [7, 11) is 1.47. The zero-order chi connectivity index (χ0) is 8.27. The molecule has 0 aromatic carbocycles. The van der Waals surface area contributed by atoms with Gasteiger partial charge in [0, 0.05) is 12.3 Å². The molecule has 0 aliphatic rings. The number of carbonyl (C=O) groups excluding carboxylic acids is 1. The van der Waals surface area contributed by atoms with Crippen LogP contribution in [0.4, 0.5) is 5.82 Å². The average molecular weight is 152 g/mol. The van der Waals surface area contributed by atoms with Crippen molar-refractivity contribution in [1.82, 2.24) is 4.98 Å². The third kappa shape index (κ3) is 1.46. The van der Waals surface area contributed by atoms with E-state index in [9.17, 15) is 4.79 Å². The van der Waals surface area contributed by atoms with Crippen LogP contribution in [-0.4, -0.2) is 18.4 Å². The monoisotopic (exact) mass is 152 g/mol. The first-order valence-electron chi connectivity index (χ1n) is 3.02. The fourth-order valence-corrected chi connectivity index (χ4v) is 0.728. The van der Waals surface area contributed by atoms with Crippen LogP contribution in [0.1, 0.15) is 10.4 Å². The zero-order valence-electron chi connectivity index (χ0n) is 6.07. The molecule has 0 radical (unpaired) electrons. The topological polar surface area (TPSA) is 65.2 Å². The summed E-state index contributed by atoms with van der Waals surface area (Å²) in [5, 5.41) is 0. The second-order valence-corrected chi connectivity index (χ2v) is 1.97. The number of pyridine rings is 1. The maximum absolute atomic E-state index is 10.3. The first-order valence-corrected chi connectivity index (χ1v) is 3.02. The summed E-state index contributed by atoms with van der Waals surface area (Å²) in [6, 6.07) is 1.50. The predicted octanol–water partition coefficient (Wildman–Crippen LogP) is 0.485. The lowest BCUT2D eigenvalue weighted by Gasteiger charge is -2.01. The van der Waals surface area contributed by atoms with Gasteiger partial charge in [-0.15, -0.1) is 0 Å². The second kappa shape index (κ2) is 3.01. The molecule has 2 N–H and O–H groups in total. The molecule has 0 amide bonds. The molecule has 58 valence electrons. The Balaban J connectivity index is 3.16. The minimum absolute atomic E-state index is 0.340. The second-order valence-electron chi connectivity index (χ2n) is 1.97. The van der Waals surface area contributed by atoms with Crippen molar-refractivity contribution in [2.45, 2.75) is 0 Å². The van der Waals surface area contributed by atoms with Gasteiger partial charge in [-0.1, -0.05) is 0 Å². The van der Waals surface area contributed by atoms with Gasteiger partial charge in [0.15, 0.2) is 6.29 Å². The number of nitrogen functional groups attached to an aromatic ring is 1. The number of nitrogens with two attached hydrogens (primary N) is 1. The molecule has 0 saturated heterocycles. The number of nitrogens with zero attached hydrogens (tertiary/aromatic N) is 1. The Labute approximate surface area is 64.0 Å². The Morgan fingerprint density at radius 3 is 3.00 bits per heavy atom. The molecule has 11 heavy (non-hydrogen) atoms. The largest absolute Gasteiger partial charge is 0.496 e. The van der Waals surface area contributed by atoms with Gasteiger partial charge >= 0.3 is 0 Å². The van der Waals surface area contributed by atoms with E-state index in [-0.39, 0.29) is 0 Å². The van der Waals surface area contributed by atoms with Crippen molar-refractivity contribution in [2.75, 3.05) is 12.8 Å². The number of aromatic nitrogens is 1. The molecule has 1 heterocycles. The Hall–Kier alpha value is -1.58. The summed E-state index contributed by atoms with van der Waals surface area (Å²) in [4.78, 5) is 14.1. The molecule has 0 spiro atoms. The molecule has 0 unspecified atom stereocenters. The summed E-state index contributed by atoms with van der Waals surface area (Å²) in [6.07, 6.45) is 2.05. The van der Waals surface area contributed by atoms with Crippen LogP contribution in [-0.2, 0) is 0 Å². The Bertz CT molecular complexity index is 273. The van der Waals surface area contributed by atoms with Crippen molar-refractivity contribution in [3.05, 3.63) is 17.8 Å². The maximum atomic E-state index is 10.3. The number of hydrogen-bond donors (Lipinski definition) is 1. The number of ether oxygens (including phenoxy) is 1. The van der Waals surface area contributed by atoms with Gasteiger partial charge in [0.05, 0.1) is 12.7 Å². The summed E-state index contributed by atoms with van der Waals surface area (Å²) in [5.41, 5.74) is 5.76. The highest BCUT2D eigenvalue weighted by atomic mass is 16.5. The van der Waals surface area contributed by atoms with Crippen LogP contribution < -0.4 is 10.5 Å². The van der Waals surface area contributed by atoms with E-state index in [1.165, 1.54) is 19.4 Å². The van der Waals surface area contributed by atoms with E-state index < -0.39 is 0 Å². The van der Waals surface area contributed by atoms with Crippen molar-refractivity contribution < 1.29 is 9.53 Å². The molecule has 0 atom stereocenters. The SMILES string of the molecule is COc1cc(N)ncc1C=O. The van der Waals surface area contributed by atoms with Crippen molar-refractivity contribution in [3.8, 4) is 5.75 Å². The fourth-order valence-electron chi connectivity index (χ4n) is 0.728. The summed E-state index contributed by atoms with van der Waals surface area (Å²) in [6.45, 7) is 0. The smallest absolute Gasteiger partial charge is 0.155 e. The van der Waals surface area contributed by atoms with Crippen LogP contribution >= 0.6 is 0 Å². The molecule has 1 rings (SSSR count). The van der Waals surface area contributed by atoms with Gasteiger partial charge in [-0.05, 0) is 0 Å². The van der Waals surface area contributed by atoms with Gasteiger partial charge in [-0.25, -0.2) is 4.98 Å². The van der Waals surface area contributed by atoms with Crippen LogP contribution in [0.25, 0.3) is 0 Å². The number of aldehydes is 1. The highest BCUT2D eigenvalue weighted by molar-refractivity contribution is 5.79. The summed E-state index contributed by atoms with van der Waals surface area (Å²) in [5.74, 6) is 0.792. The predicted molar refractivity (Wildman–Crippen MR) is 40.6 cm³/mol. The molecule has 0 bridgehead atoms. The number of carbonyl (C=O) groups is 1. The highest BCUT2D eigenvalue weighted by Crippen LogP contribution is 2.16. The van der Waals surface area contributed by atoms with E-state index in [0.717, 1.165) is 0 Å². The van der Waals surface area contributed by atoms with Crippen molar-refractivity contribution in [3.63, 3.8) is 0 Å². The molecule has 4 heteroatoms. The molecular formula is C7H8N2O2. The standard InChI is InChI=1S/C7H8N2O2/c1-11-6-2-7(8)9-3-5(6)4-10/h2-4H,1H3,(H2,8,9). The van der Waals surface area contributed by atoms with Crippen LogP contribution in [0.3, 0.4) is 0 Å². The zero-order valence-corrected chi connectivity index (χ0v) is 6.07. The molecule has 0 aliphatic carbocycles. The van der Waals surface area contributed by atoms with E-state index in [1.54, 1.807) is 0 Å². The van der Waals surface area contributed by atoms with Gasteiger partial charge in [-0.2, -0.15) is 0 Å². The lowest BCUT2D eigenvalue weighted by Crippen LogP contribution is -1.95. The lowest BCUT2D eigenvalue weighted by atomic mass is 10.3. The first-order chi connectivity index (χ1) is 5.27. The molecule has 0 fully saturated rings. The van der Waals surface area contributed by atoms with Crippen molar-refractivity contribution in [2.24, 2.45) is 0 Å². The minimum atomic E-state index is 0.340. The van der Waals surface area contributed by atoms with E-state index in [2.05, 4.69) is 4.98 Å². The quantitative estimate of drug-likeness (QED) is 0.626. The fraction of sp³-hybridized carbons (Fsp3) is 0.143. The number of rotatable bonds is 2. The summed E-state index contributed by atoms with van der Waals surface area (Å²) >= 11 is 0. The van der Waals surface area contributed by atoms with Crippen molar-refractivity contribution in [1.29, 1.82) is 0 Å². The first kappa shape index (κ1) is 7.53. The minimum Gasteiger partial charge on any atom is -0.496 e. The van der Waals surface area contributed by atoms with Gasteiger partial charge < -0.3 is 10.5 Å². The van der Waals surface area contributed by atoms with Crippen molar-refractivity contribution >= 4 is 12.1 Å². The molecule has 0 saturated carbocycles. The van der Waals surface area contributed by atoms with Gasteiger partial charge in [-0.3, -0.25) is 4.79 Å². The normalized spacial score (nSPS) is 9.18. The van der Waals surface area contributed by atoms with E-state index in [1.807, 2.05) is 0 Å². The maximum Gasteiger partial charge on any atom is 0.155 e. The number of hydrogen-bond acceptors (Lipinski definition) is 4. The van der Waals surface area contributed by atoms with Crippen LogP contribution in [0.15, 0.2) is 12.3 Å². The Morgan fingerprint density at radius 1 is 1.73 bits per heavy atom. The van der Waals surface area contributed by atoms with E-state index >= 15 is 0 Å². The van der Waals surface area contributed by atoms with Gasteiger partial charge in [0.25, 0.3) is 0 Å². The number of methoxy groups -OCH3 is 1. The molecule has 0 aliphatic heterocycles. The third-order valence-electron chi connectivity index (χ3n) is 1.26. The van der Waals surface area contributed by atoms with Crippen LogP contribution in [0.5, 0.6) is 5.75 Å². The molecule has 1 aromatic rings. The van der Waals surface area contributed by atoms with E-state index in [4.69, 9.17) is 10.5 Å². The summed E-state index contributed by atoms with van der Waals surface area (Å²) < 4.78 is 4.87. The van der Waals surface area contributed by atoms with Crippen LogP contribution in [0, 0.1) is 0 Å². The van der Waals surface area contributed by atoms with Crippen LogP contribution in [0.2, 0.25) is 0 Å². The lowest BCUT2D eigenvalue weighted by molar-refractivity contribution is 0.112. The highest BCUT2D eigenvalue weighted by Gasteiger charge is 2.01.